The van der Waals surface area contributed by atoms with Crippen molar-refractivity contribution in [1.29, 1.82) is 0 Å². The molecule has 2 N–H and O–H groups in total. The number of hydrogen-bond acceptors (Lipinski definition) is 3. The van der Waals surface area contributed by atoms with Crippen LogP contribution in [0.4, 0.5) is 0 Å². The molecule has 5 heteroatoms. The van der Waals surface area contributed by atoms with Crippen LogP contribution in [0.5, 0.6) is 0 Å². The Hall–Kier alpha value is 0.01000. The van der Waals surface area contributed by atoms with Gasteiger partial charge in [0.15, 0.2) is 0 Å². The van der Waals surface area contributed by atoms with Crippen LogP contribution in [-0.2, 0) is 9.53 Å². The van der Waals surface area contributed by atoms with Crippen molar-refractivity contribution in [3.8, 4) is 0 Å². The minimum Gasteiger partial charge on any atom is -0.469 e. The van der Waals surface area contributed by atoms with Crippen LogP contribution in [-0.4, -0.2) is 18.6 Å². The highest BCUT2D eigenvalue weighted by Gasteiger charge is 2.03. The highest BCUT2D eigenvalue weighted by molar-refractivity contribution is 6.21. The first kappa shape index (κ1) is 11.8. The molecule has 0 radical (unpaired) electrons. The number of esters is 1. The molecule has 0 aromatic heterocycles. The first-order valence-electron chi connectivity index (χ1n) is 2.13. The van der Waals surface area contributed by atoms with Gasteiger partial charge < -0.3 is 10.5 Å². The summed E-state index contributed by atoms with van der Waals surface area (Å²) in [5.74, 6) is -0.382. The number of carbonyl (C=O) groups is 1. The van der Waals surface area contributed by atoms with E-state index in [1.165, 1.54) is 7.11 Å². The van der Waals surface area contributed by atoms with Gasteiger partial charge in [-0.2, -0.15) is 0 Å². The summed E-state index contributed by atoms with van der Waals surface area (Å²) in [7, 11) is 1.29. The molecule has 9 heavy (non-hydrogen) atoms. The number of carbonyl (C=O) groups excluding carboxylic acids is 1. The minimum absolute atomic E-state index is 0. The van der Waals surface area contributed by atoms with Gasteiger partial charge in [0.1, 0.15) is 0 Å². The zero-order chi connectivity index (χ0) is 6.57. The van der Waals surface area contributed by atoms with Crippen LogP contribution < -0.4 is 5.73 Å². The van der Waals surface area contributed by atoms with E-state index in [2.05, 4.69) is 4.74 Å². The predicted octanol–water partition coefficient (Wildman–Crippen LogP) is 0.495. The highest BCUT2D eigenvalue weighted by atomic mass is 35.5. The summed E-state index contributed by atoms with van der Waals surface area (Å²) in [6.45, 7) is 0. The summed E-state index contributed by atoms with van der Waals surface area (Å²) in [6, 6.07) is 0. The fraction of sp³-hybridized carbons (Fsp3) is 0.750. The Bertz CT molecular complexity index is 86.6. The second kappa shape index (κ2) is 6.13. The van der Waals surface area contributed by atoms with E-state index in [4.69, 9.17) is 17.3 Å². The third-order valence-electron chi connectivity index (χ3n) is 0.589. The Morgan fingerprint density at radius 3 is 2.44 bits per heavy atom. The fourth-order valence-electron chi connectivity index (χ4n) is 0.243. The summed E-state index contributed by atoms with van der Waals surface area (Å²) in [4.78, 5) is 10.2. The van der Waals surface area contributed by atoms with Gasteiger partial charge in [0.05, 0.1) is 19.0 Å². The molecule has 56 valence electrons. The topological polar surface area (TPSA) is 52.3 Å². The number of ether oxygens (including phenoxy) is 1. The Morgan fingerprint density at radius 1 is 1.89 bits per heavy atom. The van der Waals surface area contributed by atoms with Crippen molar-refractivity contribution in [2.24, 2.45) is 5.73 Å². The zero-order valence-corrected chi connectivity index (χ0v) is 6.54. The maximum Gasteiger partial charge on any atom is 0.308 e. The Labute approximate surface area is 64.9 Å². The number of hydrogen-bond donors (Lipinski definition) is 1. The molecule has 0 amide bonds. The normalized spacial score (nSPS) is 11.4. The summed E-state index contributed by atoms with van der Waals surface area (Å²) in [5, 5.41) is 0. The van der Waals surface area contributed by atoms with E-state index in [1.807, 2.05) is 0 Å². The van der Waals surface area contributed by atoms with Gasteiger partial charge in [-0.15, -0.1) is 24.0 Å². The lowest BCUT2D eigenvalue weighted by molar-refractivity contribution is -0.140. The van der Waals surface area contributed by atoms with E-state index in [1.54, 1.807) is 0 Å². The van der Waals surface area contributed by atoms with Gasteiger partial charge in [0.25, 0.3) is 0 Å². The number of alkyl halides is 1. The molecular formula is C4H9Cl2NO2. The number of nitrogens with two attached hydrogens (primary N) is 1. The monoisotopic (exact) mass is 173 g/mol. The van der Waals surface area contributed by atoms with Crippen LogP contribution in [0.1, 0.15) is 6.42 Å². The maximum absolute atomic E-state index is 10.2. The van der Waals surface area contributed by atoms with Crippen LogP contribution in [0.3, 0.4) is 0 Å². The molecule has 1 unspecified atom stereocenters. The smallest absolute Gasteiger partial charge is 0.308 e. The van der Waals surface area contributed by atoms with Crippen molar-refractivity contribution in [3.05, 3.63) is 0 Å². The Kier molecular flexibility index (Phi) is 8.02. The Balaban J connectivity index is 0. The number of rotatable bonds is 2. The molecule has 0 heterocycles. The van der Waals surface area contributed by atoms with Crippen molar-refractivity contribution < 1.29 is 9.53 Å². The summed E-state index contributed by atoms with van der Waals surface area (Å²) < 4.78 is 4.26. The van der Waals surface area contributed by atoms with Crippen molar-refractivity contribution >= 4 is 30.0 Å². The van der Waals surface area contributed by atoms with E-state index in [0.29, 0.717) is 0 Å². The van der Waals surface area contributed by atoms with Gasteiger partial charge in [-0.3, -0.25) is 4.79 Å². The molecule has 0 saturated heterocycles. The Morgan fingerprint density at radius 2 is 2.33 bits per heavy atom. The van der Waals surface area contributed by atoms with Crippen LogP contribution in [0, 0.1) is 0 Å². The molecule has 1 atom stereocenters. The van der Waals surface area contributed by atoms with Crippen molar-refractivity contribution in [3.63, 3.8) is 0 Å². The molecule has 0 aromatic rings. The SMILES string of the molecule is COC(=O)CC(N)Cl.Cl. The fourth-order valence-corrected chi connectivity index (χ4v) is 0.369. The second-order valence-electron chi connectivity index (χ2n) is 1.30. The van der Waals surface area contributed by atoms with E-state index in [9.17, 15) is 4.79 Å². The average Bonchev–Trinajstić information content (AvgIpc) is 1.65. The maximum atomic E-state index is 10.2. The number of halogens is 2. The van der Waals surface area contributed by atoms with Crippen molar-refractivity contribution in [2.45, 2.75) is 11.9 Å². The van der Waals surface area contributed by atoms with E-state index >= 15 is 0 Å². The lowest BCUT2D eigenvalue weighted by atomic mass is 10.4. The molecule has 0 saturated carbocycles. The third kappa shape index (κ3) is 8.01. The van der Waals surface area contributed by atoms with Gasteiger partial charge in [0, 0.05) is 0 Å². The average molecular weight is 174 g/mol. The molecule has 0 spiro atoms. The van der Waals surface area contributed by atoms with E-state index in [-0.39, 0.29) is 24.8 Å². The standard InChI is InChI=1S/C4H8ClNO2.ClH/c1-8-4(7)2-3(5)6;/h3H,2,6H2,1H3;1H. The number of methoxy groups -OCH3 is 1. The summed E-state index contributed by atoms with van der Waals surface area (Å²) >= 11 is 5.23. The molecule has 0 aliphatic rings. The molecular weight excluding hydrogens is 165 g/mol. The lowest BCUT2D eigenvalue weighted by Gasteiger charge is -1.98. The molecule has 0 fully saturated rings. The second-order valence-corrected chi connectivity index (χ2v) is 1.86. The van der Waals surface area contributed by atoms with Crippen LogP contribution >= 0.6 is 24.0 Å². The first-order valence-corrected chi connectivity index (χ1v) is 2.57. The predicted molar refractivity (Wildman–Crippen MR) is 37.7 cm³/mol. The van der Waals surface area contributed by atoms with Gasteiger partial charge in [0.2, 0.25) is 0 Å². The van der Waals surface area contributed by atoms with E-state index in [0.717, 1.165) is 0 Å². The molecule has 0 bridgehead atoms. The third-order valence-corrected chi connectivity index (χ3v) is 0.744. The molecule has 3 nitrogen and oxygen atoms in total. The zero-order valence-electron chi connectivity index (χ0n) is 4.96. The van der Waals surface area contributed by atoms with Gasteiger partial charge in [-0.25, -0.2) is 0 Å². The molecule has 0 aromatic carbocycles. The minimum atomic E-state index is -0.623. The van der Waals surface area contributed by atoms with Gasteiger partial charge in [-0.1, -0.05) is 0 Å². The highest BCUT2D eigenvalue weighted by Crippen LogP contribution is 1.93. The van der Waals surface area contributed by atoms with Crippen LogP contribution in [0.2, 0.25) is 0 Å². The summed E-state index contributed by atoms with van der Waals surface area (Å²) in [6.07, 6.45) is 0.0675. The van der Waals surface area contributed by atoms with Gasteiger partial charge in [-0.05, 0) is 0 Å². The quantitative estimate of drug-likeness (QED) is 0.376. The first-order chi connectivity index (χ1) is 3.66. The van der Waals surface area contributed by atoms with Crippen LogP contribution in [0.15, 0.2) is 0 Å². The summed E-state index contributed by atoms with van der Waals surface area (Å²) in [5.41, 5.74) is 4.41. The lowest BCUT2D eigenvalue weighted by Crippen LogP contribution is -2.17. The largest absolute Gasteiger partial charge is 0.469 e. The van der Waals surface area contributed by atoms with Gasteiger partial charge >= 0.3 is 5.97 Å². The molecule has 0 rings (SSSR count). The van der Waals surface area contributed by atoms with Crippen LogP contribution in [0.25, 0.3) is 0 Å². The molecule has 0 aliphatic carbocycles. The molecule has 0 aliphatic heterocycles. The van der Waals surface area contributed by atoms with E-state index < -0.39 is 5.50 Å². The van der Waals surface area contributed by atoms with Crippen molar-refractivity contribution in [1.82, 2.24) is 0 Å². The van der Waals surface area contributed by atoms with Crippen molar-refractivity contribution in [2.75, 3.05) is 7.11 Å².